The number of hydrogen-bond acceptors (Lipinski definition) is 8. The van der Waals surface area contributed by atoms with Gasteiger partial charge in [-0.25, -0.2) is 9.97 Å². The molecule has 14 heteroatoms. The molecule has 5 aromatic rings. The van der Waals surface area contributed by atoms with Gasteiger partial charge < -0.3 is 39.1 Å². The molecule has 0 spiro atoms. The van der Waals surface area contributed by atoms with Crippen molar-refractivity contribution in [1.29, 1.82) is 0 Å². The van der Waals surface area contributed by atoms with Crippen molar-refractivity contribution in [2.24, 2.45) is 11.8 Å². The molecule has 2 aliphatic heterocycles. The number of carbonyl (C=O) groups is 2. The number of carboxylic acids is 2. The fourth-order valence-electron chi connectivity index (χ4n) is 6.28. The number of carboxylic acid groups (broad SMARTS) is 2. The fraction of sp³-hybridized carbons (Fsp3) is 0.227. The van der Waals surface area contributed by atoms with Gasteiger partial charge in [0, 0.05) is 22.2 Å². The molecule has 8 bridgehead atoms. The van der Waals surface area contributed by atoms with Crippen LogP contribution >= 0.6 is 23.2 Å². The zero-order valence-corrected chi connectivity index (χ0v) is 33.1. The molecule has 2 aliphatic rings. The first-order valence-corrected chi connectivity index (χ1v) is 19.4. The quantitative estimate of drug-likeness (QED) is 0.0544. The number of ether oxygens (including phenoxy) is 4. The summed E-state index contributed by atoms with van der Waals surface area (Å²) in [5.41, 5.74) is 8.76. The predicted molar refractivity (Wildman–Crippen MR) is 225 cm³/mol. The van der Waals surface area contributed by atoms with E-state index in [-0.39, 0.29) is 26.8 Å². The van der Waals surface area contributed by atoms with E-state index in [9.17, 15) is 9.59 Å². The summed E-state index contributed by atoms with van der Waals surface area (Å²) in [6, 6.07) is 22.8. The minimum atomic E-state index is -0.858. The van der Waals surface area contributed by atoms with Crippen LogP contribution < -0.4 is 9.47 Å². The summed E-state index contributed by atoms with van der Waals surface area (Å²) in [7, 11) is 0. The standard InChI is InChI=1S/C44H40Cl2N4O8/c1-25(43(51)52)19-21-55-23-57-29-7-3-27(4-8-29)39-31-11-15-35(47-31)41(45)37-17-13-33(49-37)40(34-14-18-38(50-34)42(46)36-16-12-32(39)48-36)28-5-9-30(10-6-28)58-24-56-22-20-26(2)44(53)54/h3-18,25-26,47,50H,19-24H2,1-2H3,(H,51,52)(H,53,54). The first kappa shape index (κ1) is 40.3. The molecule has 2 aromatic carbocycles. The van der Waals surface area contributed by atoms with Crippen LogP contribution in [-0.2, 0) is 19.1 Å². The summed E-state index contributed by atoms with van der Waals surface area (Å²) < 4.78 is 22.5. The highest BCUT2D eigenvalue weighted by molar-refractivity contribution is 6.36. The molecule has 0 amide bonds. The Morgan fingerprint density at radius 1 is 0.569 bits per heavy atom. The van der Waals surface area contributed by atoms with Gasteiger partial charge >= 0.3 is 11.9 Å². The van der Waals surface area contributed by atoms with Gasteiger partial charge in [-0.05, 0) is 96.8 Å². The van der Waals surface area contributed by atoms with Crippen LogP contribution in [0, 0.1) is 11.8 Å². The summed E-state index contributed by atoms with van der Waals surface area (Å²) in [4.78, 5) is 39.1. The van der Waals surface area contributed by atoms with E-state index in [0.29, 0.717) is 68.2 Å². The van der Waals surface area contributed by atoms with E-state index in [0.717, 1.165) is 33.3 Å². The largest absolute Gasteiger partial charge is 0.481 e. The molecular weight excluding hydrogens is 783 g/mol. The number of fused-ring (bicyclic) bond motifs is 8. The van der Waals surface area contributed by atoms with Crippen molar-refractivity contribution in [2.45, 2.75) is 26.7 Å². The number of aromatic nitrogens is 4. The minimum absolute atomic E-state index is 0.00755. The van der Waals surface area contributed by atoms with Crippen molar-refractivity contribution in [3.8, 4) is 33.8 Å². The van der Waals surface area contributed by atoms with E-state index in [4.69, 9.17) is 62.3 Å². The summed E-state index contributed by atoms with van der Waals surface area (Å²) in [6.07, 6.45) is 8.38. The normalized spacial score (nSPS) is 13.0. The van der Waals surface area contributed by atoms with E-state index in [1.807, 2.05) is 97.1 Å². The van der Waals surface area contributed by atoms with E-state index >= 15 is 0 Å². The molecule has 4 N–H and O–H groups in total. The van der Waals surface area contributed by atoms with Gasteiger partial charge in [0.25, 0.3) is 0 Å². The Labute approximate surface area is 343 Å². The highest BCUT2D eigenvalue weighted by Gasteiger charge is 2.17. The van der Waals surface area contributed by atoms with Crippen LogP contribution in [0.25, 0.3) is 68.6 Å². The van der Waals surface area contributed by atoms with E-state index in [1.165, 1.54) is 0 Å². The Balaban J connectivity index is 1.22. The van der Waals surface area contributed by atoms with Crippen LogP contribution in [0.3, 0.4) is 0 Å². The molecule has 3 aromatic heterocycles. The third kappa shape index (κ3) is 9.27. The molecule has 5 heterocycles. The molecule has 7 rings (SSSR count). The van der Waals surface area contributed by atoms with Gasteiger partial charge in [-0.3, -0.25) is 9.59 Å². The molecule has 2 atom stereocenters. The fourth-order valence-corrected chi connectivity index (χ4v) is 6.71. The number of benzene rings is 2. The molecular formula is C44H40Cl2N4O8. The Hall–Kier alpha value is -5.92. The van der Waals surface area contributed by atoms with Gasteiger partial charge in [-0.2, -0.15) is 0 Å². The number of halogens is 2. The highest BCUT2D eigenvalue weighted by atomic mass is 35.5. The van der Waals surface area contributed by atoms with Gasteiger partial charge in [-0.1, -0.05) is 61.3 Å². The molecule has 0 radical (unpaired) electrons. The van der Waals surface area contributed by atoms with Crippen LogP contribution in [0.15, 0.2) is 72.8 Å². The van der Waals surface area contributed by atoms with Crippen LogP contribution in [-0.4, -0.2) is 68.9 Å². The van der Waals surface area contributed by atoms with E-state index < -0.39 is 23.8 Å². The average Bonchev–Trinajstić information content (AvgIpc) is 4.07. The summed E-state index contributed by atoms with van der Waals surface area (Å²) in [5, 5.41) is 19.0. The smallest absolute Gasteiger partial charge is 0.306 e. The summed E-state index contributed by atoms with van der Waals surface area (Å²) in [5.74, 6) is -1.52. The van der Waals surface area contributed by atoms with Gasteiger partial charge in [0.1, 0.15) is 11.5 Å². The van der Waals surface area contributed by atoms with Crippen molar-refractivity contribution < 1.29 is 38.7 Å². The summed E-state index contributed by atoms with van der Waals surface area (Å²) >= 11 is 14.1. The Morgan fingerprint density at radius 2 is 0.931 bits per heavy atom. The number of nitrogens with one attached hydrogen (secondary N) is 2. The zero-order chi connectivity index (χ0) is 40.8. The maximum atomic E-state index is 11.1. The van der Waals surface area contributed by atoms with Crippen LogP contribution in [0.2, 0.25) is 10.0 Å². The van der Waals surface area contributed by atoms with Crippen LogP contribution in [0.1, 0.15) is 49.5 Å². The number of rotatable bonds is 16. The number of hydrogen-bond donors (Lipinski definition) is 4. The molecule has 0 saturated heterocycles. The Morgan fingerprint density at radius 3 is 1.31 bits per heavy atom. The lowest BCUT2D eigenvalue weighted by Crippen LogP contribution is -2.13. The van der Waals surface area contributed by atoms with Crippen molar-refractivity contribution >= 4 is 81.5 Å². The molecule has 0 aliphatic carbocycles. The summed E-state index contributed by atoms with van der Waals surface area (Å²) in [6.45, 7) is 3.81. The van der Waals surface area contributed by atoms with Gasteiger partial charge in [-0.15, -0.1) is 0 Å². The molecule has 0 fully saturated rings. The highest BCUT2D eigenvalue weighted by Crippen LogP contribution is 2.36. The molecule has 58 heavy (non-hydrogen) atoms. The molecule has 12 nitrogen and oxygen atoms in total. The number of aliphatic carboxylic acids is 2. The number of H-pyrrole nitrogens is 2. The molecule has 298 valence electrons. The lowest BCUT2D eigenvalue weighted by Gasteiger charge is -2.10. The molecule has 2 unspecified atom stereocenters. The van der Waals surface area contributed by atoms with Crippen LogP contribution in [0.4, 0.5) is 0 Å². The average molecular weight is 824 g/mol. The second-order valence-corrected chi connectivity index (χ2v) is 14.6. The monoisotopic (exact) mass is 822 g/mol. The van der Waals surface area contributed by atoms with Crippen molar-refractivity contribution in [3.05, 3.63) is 106 Å². The second-order valence-electron chi connectivity index (χ2n) is 13.8. The zero-order valence-electron chi connectivity index (χ0n) is 31.6. The van der Waals surface area contributed by atoms with Crippen molar-refractivity contribution in [1.82, 2.24) is 19.9 Å². The first-order chi connectivity index (χ1) is 28.0. The van der Waals surface area contributed by atoms with Crippen molar-refractivity contribution in [3.63, 3.8) is 0 Å². The second kappa shape index (κ2) is 18.1. The molecule has 0 saturated carbocycles. The van der Waals surface area contributed by atoms with Crippen molar-refractivity contribution in [2.75, 3.05) is 26.8 Å². The lowest BCUT2D eigenvalue weighted by atomic mass is 10.0. The maximum absolute atomic E-state index is 11.1. The SMILES string of the molecule is CC(CCOCOc1ccc(-c2c3nc(c(Cl)c4ccc([nH]4)c(-c4ccc(OCOCCC(C)C(=O)O)cc4)c4nc(c(Cl)c5ccc2[nH]5)C=C4)C=C3)cc1)C(=O)O. The first-order valence-electron chi connectivity index (χ1n) is 18.6. The van der Waals surface area contributed by atoms with Gasteiger partial charge in [0.05, 0.1) is 68.9 Å². The topological polar surface area (TPSA) is 169 Å². The van der Waals surface area contributed by atoms with Gasteiger partial charge in [0.15, 0.2) is 13.6 Å². The van der Waals surface area contributed by atoms with E-state index in [2.05, 4.69) is 9.97 Å². The Kier molecular flexibility index (Phi) is 12.6. The van der Waals surface area contributed by atoms with E-state index in [1.54, 1.807) is 13.8 Å². The predicted octanol–water partition coefficient (Wildman–Crippen LogP) is 10.2. The van der Waals surface area contributed by atoms with Gasteiger partial charge in [0.2, 0.25) is 0 Å². The van der Waals surface area contributed by atoms with Crippen LogP contribution in [0.5, 0.6) is 11.5 Å². The number of aromatic amines is 2. The number of nitrogens with zero attached hydrogens (tertiary/aromatic N) is 2. The lowest BCUT2D eigenvalue weighted by molar-refractivity contribution is -0.142. The Bertz CT molecular complexity index is 2370. The third-order valence-corrected chi connectivity index (χ3v) is 10.6. The third-order valence-electron chi connectivity index (χ3n) is 9.76. The maximum Gasteiger partial charge on any atom is 0.306 e. The minimum Gasteiger partial charge on any atom is -0.481 e.